The number of likely N-dealkylation sites (N-methyl/N-ethyl adjacent to an activating group) is 1. The molecule has 2 N–H and O–H groups in total. The van der Waals surface area contributed by atoms with Gasteiger partial charge in [0.2, 0.25) is 10.0 Å². The lowest BCUT2D eigenvalue weighted by Gasteiger charge is -2.11. The molecule has 7 nitrogen and oxygen atoms in total. The Hall–Kier alpha value is -1.22. The van der Waals surface area contributed by atoms with Gasteiger partial charge in [-0.2, -0.15) is 0 Å². The van der Waals surface area contributed by atoms with Crippen LogP contribution in [0, 0.1) is 10.1 Å². The van der Waals surface area contributed by atoms with Gasteiger partial charge in [-0.1, -0.05) is 12.1 Å². The van der Waals surface area contributed by atoms with Gasteiger partial charge < -0.3 is 5.32 Å². The number of non-ortho nitro benzene ring substituents is 1. The first-order valence-corrected chi connectivity index (χ1v) is 7.37. The largest absolute Gasteiger partial charge is 0.316 e. The molecule has 1 unspecified atom stereocenters. The molecule has 0 spiro atoms. The highest BCUT2D eigenvalue weighted by Crippen LogP contribution is 2.13. The van der Waals surface area contributed by atoms with E-state index in [1.807, 2.05) is 6.92 Å². The number of hydrogen-bond donors (Lipinski definition) is 2. The number of sulfonamides is 1. The van der Waals surface area contributed by atoms with Crippen LogP contribution >= 0.6 is 12.4 Å². The highest BCUT2D eigenvalue weighted by Gasteiger charge is 2.13. The Morgan fingerprint density at radius 1 is 1.30 bits per heavy atom. The average Bonchev–Trinajstić information content (AvgIpc) is 2.36. The summed E-state index contributed by atoms with van der Waals surface area (Å²) in [5.74, 6) is -0.193. The Morgan fingerprint density at radius 2 is 1.85 bits per heavy atom. The lowest BCUT2D eigenvalue weighted by Crippen LogP contribution is -2.37. The molecule has 0 amide bonds. The van der Waals surface area contributed by atoms with Crippen molar-refractivity contribution in [1.82, 2.24) is 10.0 Å². The van der Waals surface area contributed by atoms with E-state index in [4.69, 9.17) is 0 Å². The van der Waals surface area contributed by atoms with Gasteiger partial charge in [0.1, 0.15) is 0 Å². The van der Waals surface area contributed by atoms with Crippen LogP contribution in [-0.4, -0.2) is 33.0 Å². The molecule has 0 bridgehead atoms. The molecule has 0 aliphatic carbocycles. The number of nitro groups is 1. The monoisotopic (exact) mass is 323 g/mol. The Labute approximate surface area is 124 Å². The molecule has 0 aliphatic rings. The van der Waals surface area contributed by atoms with Crippen LogP contribution in [0.15, 0.2) is 24.3 Å². The van der Waals surface area contributed by atoms with Crippen molar-refractivity contribution in [2.24, 2.45) is 0 Å². The molecular formula is C11H18ClN3O4S. The number of rotatable bonds is 7. The van der Waals surface area contributed by atoms with Gasteiger partial charge in [0, 0.05) is 24.7 Å². The molecule has 0 aromatic heterocycles. The van der Waals surface area contributed by atoms with Gasteiger partial charge in [-0.15, -0.1) is 12.4 Å². The highest BCUT2D eigenvalue weighted by molar-refractivity contribution is 7.88. The first-order valence-electron chi connectivity index (χ1n) is 5.72. The molecule has 0 saturated carbocycles. The third-order valence-electron chi connectivity index (χ3n) is 2.61. The maximum absolute atomic E-state index is 11.8. The number of hydrogen-bond acceptors (Lipinski definition) is 5. The fourth-order valence-corrected chi connectivity index (χ4v) is 2.58. The summed E-state index contributed by atoms with van der Waals surface area (Å²) in [5, 5.41) is 13.4. The second-order valence-corrected chi connectivity index (χ2v) is 6.03. The molecule has 1 aromatic carbocycles. The van der Waals surface area contributed by atoms with E-state index in [0.717, 1.165) is 0 Å². The molecule has 0 saturated heterocycles. The molecule has 0 radical (unpaired) electrons. The minimum absolute atomic E-state index is 0. The van der Waals surface area contributed by atoms with Crippen LogP contribution in [0.25, 0.3) is 0 Å². The van der Waals surface area contributed by atoms with Gasteiger partial charge in [-0.05, 0) is 19.5 Å². The van der Waals surface area contributed by atoms with Crippen LogP contribution in [0.4, 0.5) is 5.69 Å². The minimum atomic E-state index is -3.43. The van der Waals surface area contributed by atoms with Crippen molar-refractivity contribution in [2.75, 3.05) is 13.6 Å². The van der Waals surface area contributed by atoms with Gasteiger partial charge in [0.05, 0.1) is 10.7 Å². The van der Waals surface area contributed by atoms with E-state index in [1.165, 1.54) is 24.3 Å². The lowest BCUT2D eigenvalue weighted by atomic mass is 10.2. The highest BCUT2D eigenvalue weighted by atomic mass is 35.5. The summed E-state index contributed by atoms with van der Waals surface area (Å²) in [5.41, 5.74) is 0.452. The molecule has 9 heteroatoms. The predicted molar refractivity (Wildman–Crippen MR) is 79.5 cm³/mol. The van der Waals surface area contributed by atoms with Crippen molar-refractivity contribution in [1.29, 1.82) is 0 Å². The molecule has 1 rings (SSSR count). The van der Waals surface area contributed by atoms with Gasteiger partial charge >= 0.3 is 0 Å². The summed E-state index contributed by atoms with van der Waals surface area (Å²) in [6.07, 6.45) is 0. The van der Waals surface area contributed by atoms with Crippen molar-refractivity contribution in [2.45, 2.75) is 18.7 Å². The van der Waals surface area contributed by atoms with E-state index in [-0.39, 0.29) is 29.9 Å². The third kappa shape index (κ3) is 6.29. The summed E-state index contributed by atoms with van der Waals surface area (Å²) < 4.78 is 26.0. The average molecular weight is 324 g/mol. The zero-order valence-electron chi connectivity index (χ0n) is 11.2. The Morgan fingerprint density at radius 3 is 2.30 bits per heavy atom. The van der Waals surface area contributed by atoms with Crippen LogP contribution in [0.5, 0.6) is 0 Å². The van der Waals surface area contributed by atoms with E-state index >= 15 is 0 Å². The number of nitro benzene ring substituents is 1. The molecule has 20 heavy (non-hydrogen) atoms. The predicted octanol–water partition coefficient (Wildman–Crippen LogP) is 1.04. The molecule has 1 atom stereocenters. The first kappa shape index (κ1) is 18.8. The van der Waals surface area contributed by atoms with Gasteiger partial charge in [0.15, 0.2) is 0 Å². The number of nitrogens with one attached hydrogen (secondary N) is 2. The van der Waals surface area contributed by atoms with Crippen molar-refractivity contribution in [3.8, 4) is 0 Å². The molecule has 0 heterocycles. The molecule has 0 fully saturated rings. The van der Waals surface area contributed by atoms with Crippen LogP contribution < -0.4 is 10.0 Å². The van der Waals surface area contributed by atoms with Crippen molar-refractivity contribution >= 4 is 28.1 Å². The van der Waals surface area contributed by atoms with Gasteiger partial charge in [-0.3, -0.25) is 10.1 Å². The van der Waals surface area contributed by atoms with E-state index in [2.05, 4.69) is 10.0 Å². The van der Waals surface area contributed by atoms with Crippen molar-refractivity contribution < 1.29 is 13.3 Å². The maximum Gasteiger partial charge on any atom is 0.269 e. The Bertz CT molecular complexity index is 533. The fraction of sp³-hybridized carbons (Fsp3) is 0.455. The SMILES string of the molecule is CNC(C)CNS(=O)(=O)Cc1ccc([N+](=O)[O-])cc1.Cl. The van der Waals surface area contributed by atoms with E-state index in [0.29, 0.717) is 12.1 Å². The summed E-state index contributed by atoms with van der Waals surface area (Å²) in [4.78, 5) is 9.95. The van der Waals surface area contributed by atoms with Crippen molar-refractivity contribution in [3.05, 3.63) is 39.9 Å². The topological polar surface area (TPSA) is 101 Å². The smallest absolute Gasteiger partial charge is 0.269 e. The molecule has 1 aromatic rings. The van der Waals surface area contributed by atoms with E-state index in [1.54, 1.807) is 7.05 Å². The van der Waals surface area contributed by atoms with E-state index in [9.17, 15) is 18.5 Å². The van der Waals surface area contributed by atoms with Crippen molar-refractivity contribution in [3.63, 3.8) is 0 Å². The number of nitrogens with zero attached hydrogens (tertiary/aromatic N) is 1. The summed E-state index contributed by atoms with van der Waals surface area (Å²) in [6, 6.07) is 5.51. The van der Waals surface area contributed by atoms with Gasteiger partial charge in [0.25, 0.3) is 5.69 Å². The normalized spacial score (nSPS) is 12.5. The zero-order valence-corrected chi connectivity index (χ0v) is 12.8. The quantitative estimate of drug-likeness (QED) is 0.577. The van der Waals surface area contributed by atoms with E-state index < -0.39 is 14.9 Å². The number of halogens is 1. The fourth-order valence-electron chi connectivity index (χ4n) is 1.34. The van der Waals surface area contributed by atoms with Crippen LogP contribution in [0.2, 0.25) is 0 Å². The Balaban J connectivity index is 0.00000361. The van der Waals surface area contributed by atoms with Crippen LogP contribution in [-0.2, 0) is 15.8 Å². The maximum atomic E-state index is 11.8. The molecule has 0 aliphatic heterocycles. The molecular weight excluding hydrogens is 306 g/mol. The lowest BCUT2D eigenvalue weighted by molar-refractivity contribution is -0.384. The molecule has 114 valence electrons. The summed E-state index contributed by atoms with van der Waals surface area (Å²) in [7, 11) is -1.69. The zero-order chi connectivity index (χ0) is 14.5. The number of benzene rings is 1. The first-order chi connectivity index (χ1) is 8.84. The standard InChI is InChI=1S/C11H17N3O4S.ClH/c1-9(12-2)7-13-19(17,18)8-10-3-5-11(6-4-10)14(15)16;/h3-6,9,12-13H,7-8H2,1-2H3;1H. The van der Waals surface area contributed by atoms with Crippen LogP contribution in [0.3, 0.4) is 0 Å². The minimum Gasteiger partial charge on any atom is -0.316 e. The summed E-state index contributed by atoms with van der Waals surface area (Å²) >= 11 is 0. The second-order valence-electron chi connectivity index (χ2n) is 4.22. The summed E-state index contributed by atoms with van der Waals surface area (Å²) in [6.45, 7) is 2.15. The Kier molecular flexibility index (Phi) is 7.66. The van der Waals surface area contributed by atoms with Gasteiger partial charge in [-0.25, -0.2) is 13.1 Å². The van der Waals surface area contributed by atoms with Crippen LogP contribution in [0.1, 0.15) is 12.5 Å². The third-order valence-corrected chi connectivity index (χ3v) is 3.93. The second kappa shape index (κ2) is 8.15.